The van der Waals surface area contributed by atoms with E-state index < -0.39 is 16.1 Å². The van der Waals surface area contributed by atoms with E-state index in [0.29, 0.717) is 11.7 Å². The average molecular weight is 461 g/mol. The predicted molar refractivity (Wildman–Crippen MR) is 125 cm³/mol. The Morgan fingerprint density at radius 3 is 2.48 bits per heavy atom. The zero-order valence-corrected chi connectivity index (χ0v) is 18.5. The molecule has 1 unspecified atom stereocenters. The number of nitrogens with zero attached hydrogens (tertiary/aromatic N) is 5. The number of thioether (sulfide) groups is 1. The molecular formula is C23H20N6O3S. The molecule has 3 aromatic carbocycles. The maximum Gasteiger partial charge on any atom is 0.293 e. The lowest BCUT2D eigenvalue weighted by Gasteiger charge is -2.17. The summed E-state index contributed by atoms with van der Waals surface area (Å²) in [5, 5.41) is 25.9. The van der Waals surface area contributed by atoms with Crippen LogP contribution in [0.15, 0.2) is 84.0 Å². The number of nitro benzene ring substituents is 1. The number of rotatable bonds is 8. The first-order valence-electron chi connectivity index (χ1n) is 10.1. The first-order chi connectivity index (χ1) is 16.0. The molecular weight excluding hydrogens is 440 g/mol. The quantitative estimate of drug-likeness (QED) is 0.235. The Balaban J connectivity index is 1.62. The lowest BCUT2D eigenvalue weighted by atomic mass is 10.1. The van der Waals surface area contributed by atoms with E-state index >= 15 is 0 Å². The Morgan fingerprint density at radius 2 is 1.79 bits per heavy atom. The summed E-state index contributed by atoms with van der Waals surface area (Å²) >= 11 is 1.18. The molecule has 0 spiro atoms. The summed E-state index contributed by atoms with van der Waals surface area (Å²) in [5.41, 5.74) is 2.45. The second-order valence-electron chi connectivity index (χ2n) is 7.28. The Bertz CT molecular complexity index is 1260. The molecule has 1 aromatic heterocycles. The van der Waals surface area contributed by atoms with E-state index in [-0.39, 0.29) is 11.4 Å². The second-order valence-corrected chi connectivity index (χ2v) is 8.35. The smallest absolute Gasteiger partial charge is 0.293 e. The number of amides is 1. The van der Waals surface area contributed by atoms with E-state index in [1.165, 1.54) is 23.9 Å². The molecule has 0 saturated carbocycles. The Kier molecular flexibility index (Phi) is 6.75. The van der Waals surface area contributed by atoms with E-state index in [0.717, 1.165) is 16.7 Å². The van der Waals surface area contributed by atoms with Crippen molar-refractivity contribution >= 4 is 29.0 Å². The Hall–Kier alpha value is -4.05. The number of carbonyl (C=O) groups is 1. The molecule has 1 heterocycles. The van der Waals surface area contributed by atoms with Crippen molar-refractivity contribution in [1.29, 1.82) is 0 Å². The lowest BCUT2D eigenvalue weighted by molar-refractivity contribution is -0.384. The van der Waals surface area contributed by atoms with Gasteiger partial charge in [-0.3, -0.25) is 14.9 Å². The van der Waals surface area contributed by atoms with Gasteiger partial charge >= 0.3 is 0 Å². The standard InChI is InChI=1S/C23H20N6O3S/c1-16-12-13-19(20(14-16)29(31)32)24-22(30)21(18-10-6-3-7-11-18)33-23-25-26-27-28(23)15-17-8-4-2-5-9-17/h2-14,21H,15H2,1H3,(H,24,30). The van der Waals surface area contributed by atoms with Crippen molar-refractivity contribution in [1.82, 2.24) is 20.2 Å². The molecule has 166 valence electrons. The van der Waals surface area contributed by atoms with Crippen LogP contribution < -0.4 is 5.32 Å². The first-order valence-corrected chi connectivity index (χ1v) is 11.0. The lowest BCUT2D eigenvalue weighted by Crippen LogP contribution is -2.20. The first kappa shape index (κ1) is 22.2. The Morgan fingerprint density at radius 1 is 1.09 bits per heavy atom. The van der Waals surface area contributed by atoms with E-state index in [1.807, 2.05) is 60.7 Å². The maximum atomic E-state index is 13.3. The maximum absolute atomic E-state index is 13.3. The molecule has 0 bridgehead atoms. The van der Waals surface area contributed by atoms with Crippen molar-refractivity contribution in [3.05, 3.63) is 106 Å². The fourth-order valence-corrected chi connectivity index (χ4v) is 4.22. The molecule has 0 radical (unpaired) electrons. The van der Waals surface area contributed by atoms with Crippen LogP contribution >= 0.6 is 11.8 Å². The Labute approximate surface area is 194 Å². The van der Waals surface area contributed by atoms with Gasteiger partial charge in [-0.2, -0.15) is 0 Å². The van der Waals surface area contributed by atoms with E-state index in [1.54, 1.807) is 17.7 Å². The van der Waals surface area contributed by atoms with Gasteiger partial charge in [0.25, 0.3) is 5.69 Å². The van der Waals surface area contributed by atoms with Gasteiger partial charge < -0.3 is 5.32 Å². The summed E-state index contributed by atoms with van der Waals surface area (Å²) in [5.74, 6) is -0.410. The molecule has 0 fully saturated rings. The van der Waals surface area contributed by atoms with E-state index in [2.05, 4.69) is 20.8 Å². The van der Waals surface area contributed by atoms with Gasteiger partial charge in [0.15, 0.2) is 0 Å². The van der Waals surface area contributed by atoms with E-state index in [9.17, 15) is 14.9 Å². The average Bonchev–Trinajstić information content (AvgIpc) is 3.26. The highest BCUT2D eigenvalue weighted by Crippen LogP contribution is 2.36. The molecule has 33 heavy (non-hydrogen) atoms. The van der Waals surface area contributed by atoms with Crippen LogP contribution in [0.1, 0.15) is 21.9 Å². The minimum atomic E-state index is -0.729. The van der Waals surface area contributed by atoms with Crippen molar-refractivity contribution in [3.63, 3.8) is 0 Å². The highest BCUT2D eigenvalue weighted by molar-refractivity contribution is 8.00. The number of aryl methyl sites for hydroxylation is 1. The molecule has 1 atom stereocenters. The van der Waals surface area contributed by atoms with Crippen molar-refractivity contribution in [2.45, 2.75) is 23.9 Å². The third-order valence-electron chi connectivity index (χ3n) is 4.85. The van der Waals surface area contributed by atoms with Crippen LogP contribution in [0.3, 0.4) is 0 Å². The third-order valence-corrected chi connectivity index (χ3v) is 6.07. The molecule has 0 aliphatic heterocycles. The molecule has 0 aliphatic carbocycles. The third kappa shape index (κ3) is 5.42. The van der Waals surface area contributed by atoms with Gasteiger partial charge in [0.05, 0.1) is 11.5 Å². The second kappa shape index (κ2) is 10.0. The number of nitrogens with one attached hydrogen (secondary N) is 1. The van der Waals surface area contributed by atoms with Crippen LogP contribution in [0.4, 0.5) is 11.4 Å². The molecule has 4 aromatic rings. The van der Waals surface area contributed by atoms with Crippen LogP contribution in [0.5, 0.6) is 0 Å². The number of anilines is 1. The topological polar surface area (TPSA) is 116 Å². The zero-order chi connectivity index (χ0) is 23.2. The van der Waals surface area contributed by atoms with Crippen molar-refractivity contribution in [2.75, 3.05) is 5.32 Å². The number of hydrogen-bond donors (Lipinski definition) is 1. The van der Waals surface area contributed by atoms with Crippen LogP contribution in [-0.2, 0) is 11.3 Å². The zero-order valence-electron chi connectivity index (χ0n) is 17.7. The van der Waals surface area contributed by atoms with Gasteiger partial charge in [0.1, 0.15) is 10.9 Å². The SMILES string of the molecule is Cc1ccc(NC(=O)C(Sc2nnnn2Cc2ccccc2)c2ccccc2)c([N+](=O)[O-])c1. The minimum Gasteiger partial charge on any atom is -0.319 e. The fourth-order valence-electron chi connectivity index (χ4n) is 3.24. The fraction of sp³-hybridized carbons (Fsp3) is 0.130. The van der Waals surface area contributed by atoms with E-state index in [4.69, 9.17) is 0 Å². The monoisotopic (exact) mass is 460 g/mol. The van der Waals surface area contributed by atoms with Gasteiger partial charge in [-0.15, -0.1) is 5.10 Å². The van der Waals surface area contributed by atoms with Crippen LogP contribution in [0, 0.1) is 17.0 Å². The van der Waals surface area contributed by atoms with Crippen molar-refractivity contribution < 1.29 is 9.72 Å². The largest absolute Gasteiger partial charge is 0.319 e. The van der Waals surface area contributed by atoms with Crippen molar-refractivity contribution in [2.24, 2.45) is 0 Å². The minimum absolute atomic E-state index is 0.140. The molecule has 4 rings (SSSR count). The number of tetrazole rings is 1. The predicted octanol–water partition coefficient (Wildman–Crippen LogP) is 4.41. The molecule has 1 amide bonds. The van der Waals surface area contributed by atoms with Crippen LogP contribution in [-0.4, -0.2) is 31.0 Å². The summed E-state index contributed by atoms with van der Waals surface area (Å²) in [4.78, 5) is 24.3. The van der Waals surface area contributed by atoms with Gasteiger partial charge in [0, 0.05) is 6.07 Å². The number of nitro groups is 1. The summed E-state index contributed by atoms with van der Waals surface area (Å²) in [7, 11) is 0. The molecule has 1 N–H and O–H groups in total. The van der Waals surface area contributed by atoms with Crippen LogP contribution in [0.25, 0.3) is 0 Å². The summed E-state index contributed by atoms with van der Waals surface area (Å²) < 4.78 is 1.62. The van der Waals surface area contributed by atoms with Gasteiger partial charge in [-0.1, -0.05) is 78.5 Å². The van der Waals surface area contributed by atoms with Gasteiger partial charge in [-0.25, -0.2) is 4.68 Å². The molecule has 0 aliphatic rings. The van der Waals surface area contributed by atoms with Crippen LogP contribution in [0.2, 0.25) is 0 Å². The highest BCUT2D eigenvalue weighted by Gasteiger charge is 2.27. The normalized spacial score (nSPS) is 11.7. The molecule has 9 nitrogen and oxygen atoms in total. The summed E-state index contributed by atoms with van der Waals surface area (Å²) in [6, 6.07) is 23.6. The summed E-state index contributed by atoms with van der Waals surface area (Å²) in [6.45, 7) is 2.20. The number of carbonyl (C=O) groups excluding carboxylic acids is 1. The number of hydrogen-bond acceptors (Lipinski definition) is 7. The molecule has 0 saturated heterocycles. The van der Waals surface area contributed by atoms with Crippen molar-refractivity contribution in [3.8, 4) is 0 Å². The molecule has 10 heteroatoms. The highest BCUT2D eigenvalue weighted by atomic mass is 32.2. The number of benzene rings is 3. The number of aromatic nitrogens is 4. The van der Waals surface area contributed by atoms with Gasteiger partial charge in [-0.05, 0) is 40.1 Å². The summed E-state index contributed by atoms with van der Waals surface area (Å²) in [6.07, 6.45) is 0. The van der Waals surface area contributed by atoms with Gasteiger partial charge in [0.2, 0.25) is 11.1 Å².